The quantitative estimate of drug-likeness (QED) is 0.146. The average Bonchev–Trinajstić information content (AvgIpc) is 2.92. The van der Waals surface area contributed by atoms with Crippen LogP contribution in [0.3, 0.4) is 0 Å². The van der Waals surface area contributed by atoms with Crippen molar-refractivity contribution in [1.82, 2.24) is 0 Å². The third kappa shape index (κ3) is 2.87. The monoisotopic (exact) mass is 466 g/mol. The number of benzene rings is 7. The molecule has 1 N–H and O–H groups in total. The maximum Gasteiger partial charge on any atom is 0.144 e. The van der Waals surface area contributed by atoms with Crippen LogP contribution >= 0.6 is 7.14 Å². The van der Waals surface area contributed by atoms with E-state index in [1.54, 1.807) is 0 Å². The van der Waals surface area contributed by atoms with E-state index in [-0.39, 0.29) is 7.57 Å². The molecule has 0 aromatic heterocycles. The molecular weight excluding hydrogens is 442 g/mol. The highest BCUT2D eigenvalue weighted by Gasteiger charge is 2.35. The Morgan fingerprint density at radius 3 is 1.69 bits per heavy atom. The second-order valence-corrected chi connectivity index (χ2v) is 10.9. The van der Waals surface area contributed by atoms with Gasteiger partial charge in [0, 0.05) is 10.8 Å². The van der Waals surface area contributed by atoms with E-state index in [1.165, 1.54) is 59.0 Å². The van der Waals surface area contributed by atoms with Gasteiger partial charge in [-0.3, -0.25) is 0 Å². The largest absolute Gasteiger partial charge is 0.508 e. The molecule has 166 valence electrons. The average molecular weight is 466 g/mol. The SMILES string of the molecule is [BH3-][P+](c1ccccc1)(c1ccc(O)cc1)c1ccc2c3cccc4cccc(c5cccc1c52)c43. The van der Waals surface area contributed by atoms with Gasteiger partial charge in [-0.25, -0.2) is 0 Å². The molecule has 7 rings (SSSR count). The van der Waals surface area contributed by atoms with Gasteiger partial charge in [-0.15, -0.1) is 0 Å². The number of phenolic OH excluding ortho intramolecular Hbond substituents is 1. The first-order valence-corrected chi connectivity index (χ1v) is 12.9. The van der Waals surface area contributed by atoms with Gasteiger partial charge in [-0.1, -0.05) is 79.9 Å². The van der Waals surface area contributed by atoms with Gasteiger partial charge < -0.3 is 5.11 Å². The first-order valence-electron chi connectivity index (χ1n) is 11.5. The number of rotatable bonds is 3. The molecule has 0 aliphatic rings. The molecule has 0 saturated carbocycles. The normalized spacial score (nSPS) is 13.6. The van der Waals surface area contributed by atoms with Crippen LogP contribution < -0.4 is 15.9 Å². The van der Waals surface area contributed by atoms with Gasteiger partial charge in [0.05, 0.1) is 15.9 Å². The Kier molecular flexibility index (Phi) is 4.43. The highest BCUT2D eigenvalue weighted by atomic mass is 31.2. The lowest BCUT2D eigenvalue weighted by Crippen LogP contribution is -2.31. The third-order valence-electron chi connectivity index (χ3n) is 6.87. The van der Waals surface area contributed by atoms with Gasteiger partial charge in [0.15, 0.2) is 0 Å². The minimum atomic E-state index is -1.72. The van der Waals surface area contributed by atoms with Crippen LogP contribution in [-0.2, 0) is 0 Å². The summed E-state index contributed by atoms with van der Waals surface area (Å²) in [5.41, 5.74) is 0. The molecule has 0 aliphatic heterocycles. The van der Waals surface area contributed by atoms with Crippen molar-refractivity contribution in [3.05, 3.63) is 121 Å². The molecule has 0 amide bonds. The van der Waals surface area contributed by atoms with E-state index in [2.05, 4.69) is 109 Å². The van der Waals surface area contributed by atoms with Crippen molar-refractivity contribution in [3.8, 4) is 5.75 Å². The molecule has 0 aliphatic carbocycles. The van der Waals surface area contributed by atoms with Gasteiger partial charge >= 0.3 is 0 Å². The van der Waals surface area contributed by atoms with Crippen LogP contribution in [0.2, 0.25) is 0 Å². The molecule has 3 heteroatoms. The van der Waals surface area contributed by atoms with E-state index < -0.39 is 7.14 Å². The van der Waals surface area contributed by atoms with Crippen LogP contribution in [0.25, 0.3) is 43.1 Å². The van der Waals surface area contributed by atoms with Gasteiger partial charge in [0.25, 0.3) is 0 Å². The molecule has 1 atom stereocenters. The Hall–Kier alpha value is -3.87. The third-order valence-corrected chi connectivity index (χ3v) is 9.37. The Bertz CT molecular complexity index is 1810. The maximum absolute atomic E-state index is 10.0. The minimum absolute atomic E-state index is 0.150. The molecule has 0 radical (unpaired) electrons. The van der Waals surface area contributed by atoms with Crippen LogP contribution in [0.15, 0.2) is 121 Å². The van der Waals surface area contributed by atoms with E-state index in [1.807, 2.05) is 12.1 Å². The zero-order chi connectivity index (χ0) is 23.6. The lowest BCUT2D eigenvalue weighted by molar-refractivity contribution is 0.475. The van der Waals surface area contributed by atoms with E-state index in [0.717, 1.165) is 0 Å². The molecular formula is C32H24BOP. The summed E-state index contributed by atoms with van der Waals surface area (Å²) >= 11 is 0. The van der Waals surface area contributed by atoms with Crippen molar-refractivity contribution in [2.45, 2.75) is 0 Å². The summed E-state index contributed by atoms with van der Waals surface area (Å²) in [6.45, 7) is 0. The molecule has 35 heavy (non-hydrogen) atoms. The van der Waals surface area contributed by atoms with Crippen LogP contribution in [0, 0.1) is 0 Å². The first kappa shape index (κ1) is 20.5. The van der Waals surface area contributed by atoms with Gasteiger partial charge in [-0.2, -0.15) is 0 Å². The van der Waals surface area contributed by atoms with Crippen LogP contribution in [0.1, 0.15) is 0 Å². The molecule has 7 aromatic rings. The molecule has 0 fully saturated rings. The smallest absolute Gasteiger partial charge is 0.144 e. The number of fused-ring (bicyclic) bond motifs is 2. The summed E-state index contributed by atoms with van der Waals surface area (Å²) in [7, 11) is -1.87. The first-order chi connectivity index (χ1) is 17.2. The zero-order valence-corrected chi connectivity index (χ0v) is 19.3. The maximum atomic E-state index is 10.0. The standard InChI is InChI=1S/C32H24BOP/c33-35(23-9-2-1-3-10-23,24-17-15-22(34)16-18-24)30-20-19-28-26-12-5-8-21-7-4-11-25(31(21)26)27-13-6-14-29(30)32(27)28/h1-20,34H,33H3. The van der Waals surface area contributed by atoms with Crippen molar-refractivity contribution in [1.29, 1.82) is 0 Å². The summed E-state index contributed by atoms with van der Waals surface area (Å²) in [6.07, 6.45) is 0. The molecule has 7 aromatic carbocycles. The number of hydrogen-bond acceptors (Lipinski definition) is 1. The Balaban J connectivity index is 1.65. The Morgan fingerprint density at radius 2 is 1.00 bits per heavy atom. The van der Waals surface area contributed by atoms with Crippen molar-refractivity contribution in [3.63, 3.8) is 0 Å². The summed E-state index contributed by atoms with van der Waals surface area (Å²) in [5.74, 6) is 0.329. The number of aromatic hydroxyl groups is 1. The fourth-order valence-corrected chi connectivity index (χ4v) is 7.85. The number of phenols is 1. The van der Waals surface area contributed by atoms with E-state index in [9.17, 15) is 5.11 Å². The fraction of sp³-hybridized carbons (Fsp3) is 0. The van der Waals surface area contributed by atoms with Crippen molar-refractivity contribution >= 4 is 73.7 Å². The molecule has 0 spiro atoms. The predicted octanol–water partition coefficient (Wildman–Crippen LogP) is 6.02. The lowest BCUT2D eigenvalue weighted by Gasteiger charge is -2.31. The van der Waals surface area contributed by atoms with Crippen LogP contribution in [-0.4, -0.2) is 12.7 Å². The van der Waals surface area contributed by atoms with Gasteiger partial charge in [-0.05, 0) is 80.8 Å². The molecule has 1 unspecified atom stereocenters. The van der Waals surface area contributed by atoms with E-state index in [4.69, 9.17) is 0 Å². The van der Waals surface area contributed by atoms with Crippen molar-refractivity contribution in [2.24, 2.45) is 0 Å². The molecule has 0 saturated heterocycles. The predicted molar refractivity (Wildman–Crippen MR) is 158 cm³/mol. The van der Waals surface area contributed by atoms with E-state index >= 15 is 0 Å². The van der Waals surface area contributed by atoms with Crippen molar-refractivity contribution < 1.29 is 5.11 Å². The minimum Gasteiger partial charge on any atom is -0.508 e. The van der Waals surface area contributed by atoms with Gasteiger partial charge in [0.2, 0.25) is 0 Å². The van der Waals surface area contributed by atoms with Crippen molar-refractivity contribution in [2.75, 3.05) is 0 Å². The highest BCUT2D eigenvalue weighted by molar-refractivity contribution is 8.13. The van der Waals surface area contributed by atoms with Gasteiger partial charge in [0.1, 0.15) is 13.3 Å². The summed E-state index contributed by atoms with van der Waals surface area (Å²) in [6, 6.07) is 44.2. The highest BCUT2D eigenvalue weighted by Crippen LogP contribution is 2.53. The Morgan fingerprint density at radius 1 is 0.457 bits per heavy atom. The fourth-order valence-electron chi connectivity index (χ4n) is 5.43. The van der Waals surface area contributed by atoms with Crippen LogP contribution in [0.4, 0.5) is 0 Å². The Labute approximate surface area is 205 Å². The zero-order valence-electron chi connectivity index (χ0n) is 18.4. The summed E-state index contributed by atoms with van der Waals surface area (Å²) in [5, 5.41) is 25.1. The molecule has 0 heterocycles. The lowest BCUT2D eigenvalue weighted by atomic mass is 9.90. The second kappa shape index (κ2) is 7.57. The van der Waals surface area contributed by atoms with Crippen LogP contribution in [0.5, 0.6) is 5.75 Å². The summed E-state index contributed by atoms with van der Waals surface area (Å²) in [4.78, 5) is 0. The summed E-state index contributed by atoms with van der Waals surface area (Å²) < 4.78 is 0. The second-order valence-electron chi connectivity index (χ2n) is 8.76. The van der Waals surface area contributed by atoms with E-state index in [0.29, 0.717) is 5.75 Å². The molecule has 1 nitrogen and oxygen atoms in total. The number of hydrogen-bond donors (Lipinski definition) is 1. The topological polar surface area (TPSA) is 20.2 Å². The molecule has 0 bridgehead atoms.